The molecule has 0 N–H and O–H groups in total. The van der Waals surface area contributed by atoms with Crippen molar-refractivity contribution in [1.82, 2.24) is 10.1 Å². The van der Waals surface area contributed by atoms with E-state index in [0.29, 0.717) is 0 Å². The molecular weight excluding hydrogens is 272 g/mol. The van der Waals surface area contributed by atoms with Gasteiger partial charge in [0.05, 0.1) is 5.69 Å². The summed E-state index contributed by atoms with van der Waals surface area (Å²) in [6.07, 6.45) is 3.49. The van der Waals surface area contributed by atoms with Crippen LogP contribution in [-0.4, -0.2) is 10.1 Å². The molecule has 1 aromatic carbocycles. The Morgan fingerprint density at radius 3 is 2.36 bits per heavy atom. The molecule has 22 heavy (non-hydrogen) atoms. The summed E-state index contributed by atoms with van der Waals surface area (Å²) in [5, 5.41) is 4.06. The summed E-state index contributed by atoms with van der Waals surface area (Å²) in [6, 6.07) is 9.94. The van der Waals surface area contributed by atoms with Gasteiger partial charge in [-0.15, -0.1) is 0 Å². The van der Waals surface area contributed by atoms with Crippen LogP contribution < -0.4 is 0 Å². The maximum Gasteiger partial charge on any atom is 0.141 e. The fraction of sp³-hybridized carbons (Fsp3) is 0.158. The fourth-order valence-electron chi connectivity index (χ4n) is 2.52. The van der Waals surface area contributed by atoms with E-state index in [1.165, 1.54) is 0 Å². The van der Waals surface area contributed by atoms with Crippen LogP contribution in [0.3, 0.4) is 0 Å². The predicted molar refractivity (Wildman–Crippen MR) is 86.4 cm³/mol. The Hall–Kier alpha value is -2.86. The van der Waals surface area contributed by atoms with Crippen LogP contribution in [0.15, 0.2) is 47.2 Å². The number of aromatic nitrogens is 2. The molecule has 2 heterocycles. The first-order valence-electron chi connectivity index (χ1n) is 7.11. The van der Waals surface area contributed by atoms with Gasteiger partial charge in [-0.3, -0.25) is 4.98 Å². The Labute approximate surface area is 130 Å². The van der Waals surface area contributed by atoms with E-state index in [2.05, 4.69) is 35.0 Å². The van der Waals surface area contributed by atoms with E-state index < -0.39 is 0 Å². The highest BCUT2D eigenvalue weighted by molar-refractivity contribution is 5.77. The van der Waals surface area contributed by atoms with Crippen molar-refractivity contribution in [1.29, 1.82) is 0 Å². The third-order valence-corrected chi connectivity index (χ3v) is 3.58. The Balaban J connectivity index is 2.15. The number of hydrogen-bond acceptors (Lipinski definition) is 3. The van der Waals surface area contributed by atoms with Crippen molar-refractivity contribution in [2.24, 2.45) is 0 Å². The molecule has 0 aliphatic rings. The lowest BCUT2D eigenvalue weighted by atomic mass is 9.94. The molecule has 0 fully saturated rings. The van der Waals surface area contributed by atoms with Crippen LogP contribution >= 0.6 is 0 Å². The van der Waals surface area contributed by atoms with Crippen LogP contribution in [0.4, 0.5) is 0 Å². The standard InChI is InChI=1S/C19H16N2O/c1-13-5-4-6-17(8-7-16-9-11-20-12-10-16)18(13)19-14(2)21-22-15(19)3/h4-6,9-12H,1-3H3. The minimum Gasteiger partial charge on any atom is -0.361 e. The second kappa shape index (κ2) is 5.87. The highest BCUT2D eigenvalue weighted by Crippen LogP contribution is 2.32. The summed E-state index contributed by atoms with van der Waals surface area (Å²) < 4.78 is 5.32. The van der Waals surface area contributed by atoms with Crippen LogP contribution in [0.25, 0.3) is 11.1 Å². The molecule has 0 bridgehead atoms. The summed E-state index contributed by atoms with van der Waals surface area (Å²) >= 11 is 0. The first-order valence-corrected chi connectivity index (χ1v) is 7.11. The molecule has 0 spiro atoms. The number of pyridine rings is 1. The number of benzene rings is 1. The third-order valence-electron chi connectivity index (χ3n) is 3.58. The molecule has 3 nitrogen and oxygen atoms in total. The molecule has 0 aliphatic heterocycles. The molecule has 0 aliphatic carbocycles. The lowest BCUT2D eigenvalue weighted by Gasteiger charge is -2.08. The van der Waals surface area contributed by atoms with E-state index in [9.17, 15) is 0 Å². The lowest BCUT2D eigenvalue weighted by Crippen LogP contribution is -1.91. The van der Waals surface area contributed by atoms with Crippen molar-refractivity contribution in [3.05, 3.63) is 70.9 Å². The normalized spacial score (nSPS) is 10.1. The smallest absolute Gasteiger partial charge is 0.141 e. The van der Waals surface area contributed by atoms with Crippen LogP contribution in [0.2, 0.25) is 0 Å². The van der Waals surface area contributed by atoms with Crippen molar-refractivity contribution in [2.45, 2.75) is 20.8 Å². The number of rotatable bonds is 1. The second-order valence-electron chi connectivity index (χ2n) is 5.18. The first-order chi connectivity index (χ1) is 10.7. The molecule has 0 saturated carbocycles. The molecule has 0 atom stereocenters. The van der Waals surface area contributed by atoms with Gasteiger partial charge in [0.1, 0.15) is 5.76 Å². The van der Waals surface area contributed by atoms with Gasteiger partial charge in [-0.1, -0.05) is 29.1 Å². The zero-order valence-corrected chi connectivity index (χ0v) is 12.8. The maximum absolute atomic E-state index is 5.32. The van der Waals surface area contributed by atoms with E-state index in [4.69, 9.17) is 4.52 Å². The SMILES string of the molecule is Cc1cccc(C#Cc2ccncc2)c1-c1c(C)noc1C. The van der Waals surface area contributed by atoms with E-state index in [0.717, 1.165) is 39.3 Å². The molecule has 108 valence electrons. The van der Waals surface area contributed by atoms with E-state index in [1.54, 1.807) is 12.4 Å². The second-order valence-corrected chi connectivity index (χ2v) is 5.18. The molecule has 3 rings (SSSR count). The van der Waals surface area contributed by atoms with Crippen molar-refractivity contribution in [2.75, 3.05) is 0 Å². The highest BCUT2D eigenvalue weighted by Gasteiger charge is 2.16. The van der Waals surface area contributed by atoms with E-state index in [1.807, 2.05) is 38.1 Å². The average Bonchev–Trinajstić information content (AvgIpc) is 2.86. The molecule has 0 saturated heterocycles. The first kappa shape index (κ1) is 14.1. The Morgan fingerprint density at radius 1 is 0.909 bits per heavy atom. The van der Waals surface area contributed by atoms with Gasteiger partial charge in [0, 0.05) is 34.6 Å². The van der Waals surface area contributed by atoms with Crippen molar-refractivity contribution in [3.8, 4) is 23.0 Å². The van der Waals surface area contributed by atoms with Gasteiger partial charge in [-0.2, -0.15) is 0 Å². The molecule has 0 radical (unpaired) electrons. The van der Waals surface area contributed by atoms with Gasteiger partial charge in [-0.25, -0.2) is 0 Å². The number of nitrogens with zero attached hydrogens (tertiary/aromatic N) is 2. The maximum atomic E-state index is 5.32. The van der Waals surface area contributed by atoms with Crippen LogP contribution in [-0.2, 0) is 0 Å². The molecule has 0 amide bonds. The lowest BCUT2D eigenvalue weighted by molar-refractivity contribution is 0.393. The highest BCUT2D eigenvalue weighted by atomic mass is 16.5. The number of hydrogen-bond donors (Lipinski definition) is 0. The van der Waals surface area contributed by atoms with Gasteiger partial charge >= 0.3 is 0 Å². The zero-order valence-electron chi connectivity index (χ0n) is 12.8. The Kier molecular flexibility index (Phi) is 3.76. The van der Waals surface area contributed by atoms with Gasteiger partial charge in [0.25, 0.3) is 0 Å². The monoisotopic (exact) mass is 288 g/mol. The molecule has 0 unspecified atom stereocenters. The van der Waals surface area contributed by atoms with Crippen molar-refractivity contribution in [3.63, 3.8) is 0 Å². The van der Waals surface area contributed by atoms with E-state index in [-0.39, 0.29) is 0 Å². The van der Waals surface area contributed by atoms with Crippen molar-refractivity contribution >= 4 is 0 Å². The summed E-state index contributed by atoms with van der Waals surface area (Å²) in [6.45, 7) is 5.97. The summed E-state index contributed by atoms with van der Waals surface area (Å²) in [5.41, 5.74) is 6.11. The van der Waals surface area contributed by atoms with Crippen LogP contribution in [0.5, 0.6) is 0 Å². The molecule has 3 aromatic rings. The van der Waals surface area contributed by atoms with Gasteiger partial charge in [-0.05, 0) is 44.5 Å². The van der Waals surface area contributed by atoms with Gasteiger partial charge < -0.3 is 4.52 Å². The predicted octanol–water partition coefficient (Wildman–Crippen LogP) is 4.06. The largest absolute Gasteiger partial charge is 0.361 e. The summed E-state index contributed by atoms with van der Waals surface area (Å²) in [7, 11) is 0. The fourth-order valence-corrected chi connectivity index (χ4v) is 2.52. The van der Waals surface area contributed by atoms with E-state index >= 15 is 0 Å². The summed E-state index contributed by atoms with van der Waals surface area (Å²) in [4.78, 5) is 4.01. The Bertz CT molecular complexity index is 848. The average molecular weight is 288 g/mol. The summed E-state index contributed by atoms with van der Waals surface area (Å²) in [5.74, 6) is 7.27. The van der Waals surface area contributed by atoms with Crippen LogP contribution in [0, 0.1) is 32.6 Å². The van der Waals surface area contributed by atoms with Crippen molar-refractivity contribution < 1.29 is 4.52 Å². The topological polar surface area (TPSA) is 38.9 Å². The van der Waals surface area contributed by atoms with Crippen LogP contribution in [0.1, 0.15) is 28.1 Å². The molecule has 2 aromatic heterocycles. The third kappa shape index (κ3) is 2.64. The minimum absolute atomic E-state index is 0.818. The quantitative estimate of drug-likeness (QED) is 0.634. The number of aryl methyl sites for hydroxylation is 3. The van der Waals surface area contributed by atoms with Gasteiger partial charge in [0.15, 0.2) is 0 Å². The Morgan fingerprint density at radius 2 is 1.68 bits per heavy atom. The zero-order chi connectivity index (χ0) is 15.5. The minimum atomic E-state index is 0.818. The van der Waals surface area contributed by atoms with Gasteiger partial charge in [0.2, 0.25) is 0 Å². The molecule has 3 heteroatoms. The molecular formula is C19H16N2O.